The molecule has 2 aromatic rings. The van der Waals surface area contributed by atoms with Crippen LogP contribution in [0.1, 0.15) is 11.1 Å². The van der Waals surface area contributed by atoms with Crippen molar-refractivity contribution in [3.8, 4) is 0 Å². The first-order valence-electron chi connectivity index (χ1n) is 6.84. The summed E-state index contributed by atoms with van der Waals surface area (Å²) < 4.78 is 13.2. The molecule has 0 spiro atoms. The molecule has 1 amide bonds. The molecule has 3 nitrogen and oxygen atoms in total. The number of carbonyl (C=O) groups is 1. The minimum Gasteiger partial charge on any atom is -0.365 e. The van der Waals surface area contributed by atoms with Gasteiger partial charge in [-0.1, -0.05) is 30.3 Å². The lowest BCUT2D eigenvalue weighted by Crippen LogP contribution is -2.34. The van der Waals surface area contributed by atoms with E-state index in [1.807, 2.05) is 42.3 Å². The Hall–Kier alpha value is -2.36. The Bertz CT molecular complexity index is 613. The van der Waals surface area contributed by atoms with Crippen LogP contribution >= 0.6 is 0 Å². The van der Waals surface area contributed by atoms with Crippen molar-refractivity contribution in [3.63, 3.8) is 0 Å². The van der Waals surface area contributed by atoms with Gasteiger partial charge in [0.15, 0.2) is 0 Å². The van der Waals surface area contributed by atoms with Crippen LogP contribution in [-0.4, -0.2) is 19.5 Å². The van der Waals surface area contributed by atoms with Crippen molar-refractivity contribution in [2.75, 3.05) is 18.5 Å². The summed E-state index contributed by atoms with van der Waals surface area (Å²) >= 11 is 0. The molecule has 21 heavy (non-hydrogen) atoms. The molecule has 0 unspecified atom stereocenters. The van der Waals surface area contributed by atoms with Gasteiger partial charge in [0.05, 0.1) is 6.54 Å². The van der Waals surface area contributed by atoms with Crippen LogP contribution in [0.4, 0.5) is 10.1 Å². The van der Waals surface area contributed by atoms with Crippen LogP contribution in [0.25, 0.3) is 0 Å². The predicted octanol–water partition coefficient (Wildman–Crippen LogP) is 2.89. The molecule has 0 bridgehead atoms. The van der Waals surface area contributed by atoms with Gasteiger partial charge in [0, 0.05) is 19.3 Å². The van der Waals surface area contributed by atoms with Gasteiger partial charge in [-0.2, -0.15) is 0 Å². The molecule has 0 fully saturated rings. The zero-order chi connectivity index (χ0) is 15.2. The number of hydrogen-bond donors (Lipinski definition) is 1. The Morgan fingerprint density at radius 3 is 2.57 bits per heavy atom. The zero-order valence-electron chi connectivity index (χ0n) is 12.3. The maximum atomic E-state index is 13.2. The average molecular weight is 286 g/mol. The standard InChI is InChI=1S/C17H19FN2O/c1-13-10-14(8-9-16(13)18)11-19-17(21)12-20(2)15-6-4-3-5-7-15/h3-10H,11-12H2,1-2H3,(H,19,21). The van der Waals surface area contributed by atoms with Gasteiger partial charge in [-0.25, -0.2) is 4.39 Å². The Morgan fingerprint density at radius 1 is 1.19 bits per heavy atom. The van der Waals surface area contributed by atoms with E-state index in [0.29, 0.717) is 12.1 Å². The quantitative estimate of drug-likeness (QED) is 0.916. The van der Waals surface area contributed by atoms with Gasteiger partial charge >= 0.3 is 0 Å². The highest BCUT2D eigenvalue weighted by molar-refractivity contribution is 5.81. The van der Waals surface area contributed by atoms with E-state index in [1.54, 1.807) is 19.1 Å². The molecule has 0 aliphatic heterocycles. The Balaban J connectivity index is 1.86. The zero-order valence-corrected chi connectivity index (χ0v) is 12.3. The second kappa shape index (κ2) is 6.88. The average Bonchev–Trinajstić information content (AvgIpc) is 2.49. The number of hydrogen-bond acceptors (Lipinski definition) is 2. The Morgan fingerprint density at radius 2 is 1.90 bits per heavy atom. The monoisotopic (exact) mass is 286 g/mol. The first kappa shape index (κ1) is 15.0. The van der Waals surface area contributed by atoms with Crippen molar-refractivity contribution < 1.29 is 9.18 Å². The molecular formula is C17H19FN2O. The lowest BCUT2D eigenvalue weighted by Gasteiger charge is -2.18. The number of para-hydroxylation sites is 1. The summed E-state index contributed by atoms with van der Waals surface area (Å²) in [5.41, 5.74) is 2.47. The summed E-state index contributed by atoms with van der Waals surface area (Å²) in [7, 11) is 1.87. The SMILES string of the molecule is Cc1cc(CNC(=O)CN(C)c2ccccc2)ccc1F. The molecule has 0 atom stereocenters. The number of halogens is 1. The molecular weight excluding hydrogens is 267 g/mol. The number of amides is 1. The van der Waals surface area contributed by atoms with Gasteiger partial charge in [0.1, 0.15) is 5.82 Å². The number of carbonyl (C=O) groups excluding carboxylic acids is 1. The van der Waals surface area contributed by atoms with Crippen LogP contribution < -0.4 is 10.2 Å². The van der Waals surface area contributed by atoms with Crippen LogP contribution in [0, 0.1) is 12.7 Å². The Labute approximate surface area is 124 Å². The lowest BCUT2D eigenvalue weighted by atomic mass is 10.1. The smallest absolute Gasteiger partial charge is 0.239 e. The first-order chi connectivity index (χ1) is 10.1. The fourth-order valence-corrected chi connectivity index (χ4v) is 2.06. The van der Waals surface area contributed by atoms with Gasteiger partial charge in [0.25, 0.3) is 0 Å². The fraction of sp³-hybridized carbons (Fsp3) is 0.235. The van der Waals surface area contributed by atoms with Crippen molar-refractivity contribution in [1.29, 1.82) is 0 Å². The third-order valence-corrected chi connectivity index (χ3v) is 3.29. The van der Waals surface area contributed by atoms with E-state index in [9.17, 15) is 9.18 Å². The fourth-order valence-electron chi connectivity index (χ4n) is 2.06. The number of benzene rings is 2. The third-order valence-electron chi connectivity index (χ3n) is 3.29. The highest BCUT2D eigenvalue weighted by Gasteiger charge is 2.07. The van der Waals surface area contributed by atoms with Crippen molar-refractivity contribution in [2.45, 2.75) is 13.5 Å². The molecule has 0 radical (unpaired) electrons. The molecule has 110 valence electrons. The van der Waals surface area contributed by atoms with E-state index in [4.69, 9.17) is 0 Å². The minimum absolute atomic E-state index is 0.0664. The molecule has 2 rings (SSSR count). The predicted molar refractivity (Wildman–Crippen MR) is 82.7 cm³/mol. The first-order valence-corrected chi connectivity index (χ1v) is 6.84. The topological polar surface area (TPSA) is 32.3 Å². The van der Waals surface area contributed by atoms with E-state index in [-0.39, 0.29) is 18.3 Å². The number of anilines is 1. The van der Waals surface area contributed by atoms with Gasteiger partial charge < -0.3 is 10.2 Å². The largest absolute Gasteiger partial charge is 0.365 e. The highest BCUT2D eigenvalue weighted by Crippen LogP contribution is 2.11. The van der Waals surface area contributed by atoms with E-state index in [0.717, 1.165) is 11.3 Å². The van der Waals surface area contributed by atoms with Crippen LogP contribution in [-0.2, 0) is 11.3 Å². The van der Waals surface area contributed by atoms with Crippen LogP contribution in [0.15, 0.2) is 48.5 Å². The number of rotatable bonds is 5. The number of nitrogens with one attached hydrogen (secondary N) is 1. The normalized spacial score (nSPS) is 10.2. The van der Waals surface area contributed by atoms with E-state index >= 15 is 0 Å². The summed E-state index contributed by atoms with van der Waals surface area (Å²) in [6.45, 7) is 2.40. The number of aryl methyl sites for hydroxylation is 1. The van der Waals surface area contributed by atoms with Gasteiger partial charge in [-0.15, -0.1) is 0 Å². The molecule has 0 saturated heterocycles. The highest BCUT2D eigenvalue weighted by atomic mass is 19.1. The van der Waals surface area contributed by atoms with Crippen molar-refractivity contribution in [1.82, 2.24) is 5.32 Å². The number of likely N-dealkylation sites (N-methyl/N-ethyl adjacent to an activating group) is 1. The molecule has 0 aliphatic rings. The summed E-state index contributed by atoms with van der Waals surface area (Å²) in [6.07, 6.45) is 0. The van der Waals surface area contributed by atoms with Gasteiger partial charge in [-0.3, -0.25) is 4.79 Å². The van der Waals surface area contributed by atoms with Crippen molar-refractivity contribution in [2.24, 2.45) is 0 Å². The van der Waals surface area contributed by atoms with Crippen LogP contribution in [0.2, 0.25) is 0 Å². The van der Waals surface area contributed by atoms with E-state index < -0.39 is 0 Å². The summed E-state index contributed by atoms with van der Waals surface area (Å²) in [6, 6.07) is 14.6. The van der Waals surface area contributed by atoms with Crippen molar-refractivity contribution >= 4 is 11.6 Å². The molecule has 0 aliphatic carbocycles. The van der Waals surface area contributed by atoms with Crippen LogP contribution in [0.3, 0.4) is 0 Å². The molecule has 0 saturated carbocycles. The maximum Gasteiger partial charge on any atom is 0.239 e. The summed E-state index contributed by atoms with van der Waals surface area (Å²) in [5.74, 6) is -0.294. The summed E-state index contributed by atoms with van der Waals surface area (Å²) in [4.78, 5) is 13.8. The second-order valence-electron chi connectivity index (χ2n) is 5.05. The maximum absolute atomic E-state index is 13.2. The third kappa shape index (κ3) is 4.31. The molecule has 0 aromatic heterocycles. The Kier molecular flexibility index (Phi) is 4.93. The van der Waals surface area contributed by atoms with E-state index in [2.05, 4.69) is 5.32 Å². The van der Waals surface area contributed by atoms with E-state index in [1.165, 1.54) is 6.07 Å². The second-order valence-corrected chi connectivity index (χ2v) is 5.05. The molecule has 1 N–H and O–H groups in total. The minimum atomic E-state index is -0.228. The van der Waals surface area contributed by atoms with Gasteiger partial charge in [0.2, 0.25) is 5.91 Å². The molecule has 0 heterocycles. The number of nitrogens with zero attached hydrogens (tertiary/aromatic N) is 1. The summed E-state index contributed by atoms with van der Waals surface area (Å²) in [5, 5.41) is 2.84. The molecule has 4 heteroatoms. The lowest BCUT2D eigenvalue weighted by molar-refractivity contribution is -0.119. The van der Waals surface area contributed by atoms with Crippen LogP contribution in [0.5, 0.6) is 0 Å². The molecule has 2 aromatic carbocycles. The van der Waals surface area contributed by atoms with Crippen molar-refractivity contribution in [3.05, 3.63) is 65.5 Å². The van der Waals surface area contributed by atoms with Gasteiger partial charge in [-0.05, 0) is 36.2 Å².